The number of alkyl halides is 1. The highest BCUT2D eigenvalue weighted by Crippen LogP contribution is 2.25. The molecule has 0 aromatic heterocycles. The fourth-order valence-electron chi connectivity index (χ4n) is 1.33. The fourth-order valence-corrected chi connectivity index (χ4v) is 3.83. The molecule has 1 rings (SSSR count). The summed E-state index contributed by atoms with van der Waals surface area (Å²) in [6, 6.07) is 5.31. The number of hydrogen-bond acceptors (Lipinski definition) is 2. The van der Waals surface area contributed by atoms with Gasteiger partial charge in [-0.1, -0.05) is 45.2 Å². The highest BCUT2D eigenvalue weighted by molar-refractivity contribution is 9.09. The van der Waals surface area contributed by atoms with Crippen molar-refractivity contribution in [1.82, 2.24) is 0 Å². The van der Waals surface area contributed by atoms with Gasteiger partial charge in [0.15, 0.2) is 9.84 Å². The third-order valence-electron chi connectivity index (χ3n) is 2.60. The quantitative estimate of drug-likeness (QED) is 0.767. The predicted molar refractivity (Wildman–Crippen MR) is 77.2 cm³/mol. The average Bonchev–Trinajstić information content (AvgIpc) is 2.21. The molecule has 6 heteroatoms. The van der Waals surface area contributed by atoms with Crippen LogP contribution in [0, 0.1) is 0 Å². The molecule has 96 valence electrons. The molecule has 17 heavy (non-hydrogen) atoms. The first-order chi connectivity index (χ1) is 7.71. The Morgan fingerprint density at radius 2 is 1.88 bits per heavy atom. The second kappa shape index (κ2) is 5.91. The van der Waals surface area contributed by atoms with Crippen LogP contribution in [0.4, 0.5) is 0 Å². The van der Waals surface area contributed by atoms with Gasteiger partial charge in [-0.2, -0.15) is 0 Å². The van der Waals surface area contributed by atoms with Gasteiger partial charge in [0.1, 0.15) is 0 Å². The van der Waals surface area contributed by atoms with Crippen LogP contribution in [0.2, 0.25) is 10.0 Å². The summed E-state index contributed by atoms with van der Waals surface area (Å²) in [5.41, 5.74) is 0.955. The Morgan fingerprint density at radius 1 is 1.29 bits per heavy atom. The van der Waals surface area contributed by atoms with Crippen molar-refractivity contribution in [3.05, 3.63) is 33.8 Å². The first kappa shape index (κ1) is 15.3. The van der Waals surface area contributed by atoms with Crippen molar-refractivity contribution < 1.29 is 8.42 Å². The van der Waals surface area contributed by atoms with E-state index in [9.17, 15) is 8.42 Å². The maximum atomic E-state index is 11.4. The van der Waals surface area contributed by atoms with E-state index in [1.807, 2.05) is 6.07 Å². The van der Waals surface area contributed by atoms with Crippen LogP contribution < -0.4 is 0 Å². The summed E-state index contributed by atoms with van der Waals surface area (Å²) in [5.74, 6) is 0. The molecule has 2 atom stereocenters. The predicted octanol–water partition coefficient (Wildman–Crippen LogP) is 3.73. The second-order valence-electron chi connectivity index (χ2n) is 4.00. The first-order valence-corrected chi connectivity index (χ1v) is 8.61. The normalized spacial score (nSPS) is 15.6. The van der Waals surface area contributed by atoms with Gasteiger partial charge < -0.3 is 0 Å². The van der Waals surface area contributed by atoms with E-state index in [1.165, 1.54) is 6.26 Å². The van der Waals surface area contributed by atoms with Crippen molar-refractivity contribution in [3.63, 3.8) is 0 Å². The molecule has 1 aromatic carbocycles. The van der Waals surface area contributed by atoms with Crippen molar-refractivity contribution >= 4 is 49.0 Å². The minimum Gasteiger partial charge on any atom is -0.229 e. The van der Waals surface area contributed by atoms with E-state index in [0.29, 0.717) is 16.5 Å². The Balaban J connectivity index is 2.81. The topological polar surface area (TPSA) is 34.1 Å². The molecule has 0 fully saturated rings. The zero-order valence-electron chi connectivity index (χ0n) is 9.45. The molecule has 0 radical (unpaired) electrons. The van der Waals surface area contributed by atoms with Crippen LogP contribution in [0.3, 0.4) is 0 Å². The Bertz CT molecular complexity index is 502. The highest BCUT2D eigenvalue weighted by Gasteiger charge is 2.23. The van der Waals surface area contributed by atoms with Crippen LogP contribution in [0.5, 0.6) is 0 Å². The Labute approximate surface area is 120 Å². The molecule has 0 aliphatic heterocycles. The molecule has 0 amide bonds. The van der Waals surface area contributed by atoms with E-state index >= 15 is 0 Å². The summed E-state index contributed by atoms with van der Waals surface area (Å²) in [6.07, 6.45) is 1.83. The van der Waals surface area contributed by atoms with Gasteiger partial charge in [0.2, 0.25) is 0 Å². The van der Waals surface area contributed by atoms with Crippen LogP contribution in [-0.2, 0) is 16.3 Å². The van der Waals surface area contributed by atoms with E-state index in [0.717, 1.165) is 5.56 Å². The SMILES string of the molecule is CC(C(Br)Cc1ccc(Cl)c(Cl)c1)S(C)(=O)=O. The third-order valence-corrected chi connectivity index (χ3v) is 6.48. The monoisotopic (exact) mass is 358 g/mol. The minimum atomic E-state index is -3.05. The lowest BCUT2D eigenvalue weighted by Gasteiger charge is -2.16. The van der Waals surface area contributed by atoms with Crippen LogP contribution in [0.1, 0.15) is 12.5 Å². The van der Waals surface area contributed by atoms with Crippen molar-refractivity contribution in [2.24, 2.45) is 0 Å². The average molecular weight is 360 g/mol. The van der Waals surface area contributed by atoms with Gasteiger partial charge in [-0.3, -0.25) is 0 Å². The van der Waals surface area contributed by atoms with E-state index in [2.05, 4.69) is 15.9 Å². The van der Waals surface area contributed by atoms with Gasteiger partial charge in [-0.05, 0) is 31.0 Å². The fraction of sp³-hybridized carbons (Fsp3) is 0.455. The summed E-state index contributed by atoms with van der Waals surface area (Å²) in [4.78, 5) is -0.144. The van der Waals surface area contributed by atoms with Crippen LogP contribution in [-0.4, -0.2) is 24.8 Å². The molecule has 0 aliphatic rings. The van der Waals surface area contributed by atoms with Crippen LogP contribution >= 0.6 is 39.1 Å². The zero-order valence-corrected chi connectivity index (χ0v) is 13.4. The van der Waals surface area contributed by atoms with E-state index in [4.69, 9.17) is 23.2 Å². The summed E-state index contributed by atoms with van der Waals surface area (Å²) >= 11 is 15.1. The summed E-state index contributed by atoms with van der Waals surface area (Å²) in [5, 5.41) is 0.533. The molecular formula is C11H13BrCl2O2S. The molecule has 0 saturated heterocycles. The van der Waals surface area contributed by atoms with E-state index < -0.39 is 15.1 Å². The maximum Gasteiger partial charge on any atom is 0.151 e. The second-order valence-corrected chi connectivity index (χ2v) is 8.40. The number of hydrogen-bond donors (Lipinski definition) is 0. The third kappa shape index (κ3) is 4.43. The summed E-state index contributed by atoms with van der Waals surface area (Å²) in [6.45, 7) is 1.69. The lowest BCUT2D eigenvalue weighted by molar-refractivity contribution is 0.586. The van der Waals surface area contributed by atoms with Gasteiger partial charge >= 0.3 is 0 Å². The molecule has 0 heterocycles. The van der Waals surface area contributed by atoms with Gasteiger partial charge in [0.25, 0.3) is 0 Å². The van der Waals surface area contributed by atoms with Crippen molar-refractivity contribution in [2.45, 2.75) is 23.4 Å². The molecular weight excluding hydrogens is 347 g/mol. The molecule has 0 spiro atoms. The summed E-state index contributed by atoms with van der Waals surface area (Å²) in [7, 11) is -3.05. The number of rotatable bonds is 4. The standard InChI is InChI=1S/C11H13BrCl2O2S/c1-7(17(2,15)16)9(12)5-8-3-4-10(13)11(14)6-8/h3-4,6-7,9H,5H2,1-2H3. The molecule has 1 aromatic rings. The summed E-state index contributed by atoms with van der Waals surface area (Å²) < 4.78 is 22.8. The first-order valence-electron chi connectivity index (χ1n) is 4.98. The molecule has 0 N–H and O–H groups in total. The lowest BCUT2D eigenvalue weighted by atomic mass is 10.1. The van der Waals surface area contributed by atoms with Crippen LogP contribution in [0.25, 0.3) is 0 Å². The number of benzene rings is 1. The van der Waals surface area contributed by atoms with Crippen molar-refractivity contribution in [2.75, 3.05) is 6.26 Å². The molecule has 0 bridgehead atoms. The highest BCUT2D eigenvalue weighted by atomic mass is 79.9. The maximum absolute atomic E-state index is 11.4. The molecule has 2 nitrogen and oxygen atoms in total. The smallest absolute Gasteiger partial charge is 0.151 e. The van der Waals surface area contributed by atoms with E-state index in [-0.39, 0.29) is 4.83 Å². The van der Waals surface area contributed by atoms with Crippen LogP contribution in [0.15, 0.2) is 18.2 Å². The van der Waals surface area contributed by atoms with Gasteiger partial charge in [-0.25, -0.2) is 8.42 Å². The van der Waals surface area contributed by atoms with Gasteiger partial charge in [0.05, 0.1) is 15.3 Å². The Hall–Kier alpha value is 0.230. The molecule has 2 unspecified atom stereocenters. The zero-order chi connectivity index (χ0) is 13.2. The van der Waals surface area contributed by atoms with Crippen molar-refractivity contribution in [3.8, 4) is 0 Å². The minimum absolute atomic E-state index is 0.144. The van der Waals surface area contributed by atoms with Gasteiger partial charge in [-0.15, -0.1) is 0 Å². The Morgan fingerprint density at radius 3 is 2.35 bits per heavy atom. The van der Waals surface area contributed by atoms with E-state index in [1.54, 1.807) is 19.1 Å². The Kier molecular flexibility index (Phi) is 5.32. The lowest BCUT2D eigenvalue weighted by Crippen LogP contribution is -2.27. The van der Waals surface area contributed by atoms with Gasteiger partial charge in [0, 0.05) is 11.1 Å². The number of halogens is 3. The largest absolute Gasteiger partial charge is 0.229 e. The molecule has 0 aliphatic carbocycles. The van der Waals surface area contributed by atoms with Crippen molar-refractivity contribution in [1.29, 1.82) is 0 Å². The molecule has 0 saturated carbocycles. The number of sulfone groups is 1.